The van der Waals surface area contributed by atoms with Gasteiger partial charge in [0.1, 0.15) is 17.1 Å². The van der Waals surface area contributed by atoms with Gasteiger partial charge in [0.05, 0.1) is 12.2 Å². The highest BCUT2D eigenvalue weighted by Gasteiger charge is 2.27. The number of carbonyl (C=O) groups excluding carboxylic acids is 3. The van der Waals surface area contributed by atoms with Gasteiger partial charge in [0, 0.05) is 18.8 Å². The number of hydrogen-bond acceptors (Lipinski definition) is 5. The number of carbonyl (C=O) groups is 3. The third-order valence-corrected chi connectivity index (χ3v) is 3.60. The average molecular weight is 313 g/mol. The van der Waals surface area contributed by atoms with Crippen molar-refractivity contribution in [2.75, 3.05) is 13.2 Å². The molecule has 118 valence electrons. The number of ketones is 2. The van der Waals surface area contributed by atoms with Crippen LogP contribution in [0.15, 0.2) is 36.7 Å². The van der Waals surface area contributed by atoms with E-state index >= 15 is 0 Å². The van der Waals surface area contributed by atoms with Crippen molar-refractivity contribution < 1.29 is 23.9 Å². The summed E-state index contributed by atoms with van der Waals surface area (Å²) >= 11 is 0. The van der Waals surface area contributed by atoms with Gasteiger partial charge in [0.25, 0.3) is 5.91 Å². The van der Waals surface area contributed by atoms with E-state index in [1.54, 1.807) is 30.6 Å². The van der Waals surface area contributed by atoms with E-state index in [0.29, 0.717) is 5.56 Å². The summed E-state index contributed by atoms with van der Waals surface area (Å²) in [7, 11) is 0. The van der Waals surface area contributed by atoms with Crippen molar-refractivity contribution in [2.24, 2.45) is 0 Å². The molecule has 6 heteroatoms. The lowest BCUT2D eigenvalue weighted by Crippen LogP contribution is -2.22. The number of rotatable bonds is 4. The topological polar surface area (TPSA) is 74.6 Å². The molecule has 0 N–H and O–H groups in total. The summed E-state index contributed by atoms with van der Waals surface area (Å²) in [4.78, 5) is 35.8. The zero-order chi connectivity index (χ0) is 16.4. The van der Waals surface area contributed by atoms with Crippen molar-refractivity contribution >= 4 is 17.5 Å². The summed E-state index contributed by atoms with van der Waals surface area (Å²) < 4.78 is 12.4. The molecule has 0 atom stereocenters. The number of aromatic nitrogens is 1. The summed E-state index contributed by atoms with van der Waals surface area (Å²) in [5.74, 6) is -0.0953. The van der Waals surface area contributed by atoms with Crippen LogP contribution in [0, 0.1) is 0 Å². The Morgan fingerprint density at radius 2 is 2.00 bits per heavy atom. The number of fused-ring (bicyclic) bond motifs is 1. The van der Waals surface area contributed by atoms with Gasteiger partial charge in [0.15, 0.2) is 18.2 Å². The Morgan fingerprint density at radius 3 is 2.70 bits per heavy atom. The highest BCUT2D eigenvalue weighted by molar-refractivity contribution is 6.07. The molecule has 0 radical (unpaired) electrons. The van der Waals surface area contributed by atoms with Gasteiger partial charge in [-0.05, 0) is 31.2 Å². The van der Waals surface area contributed by atoms with Gasteiger partial charge < -0.3 is 9.47 Å². The molecule has 3 rings (SSSR count). The monoisotopic (exact) mass is 313 g/mol. The van der Waals surface area contributed by atoms with Crippen LogP contribution in [0.25, 0.3) is 0 Å². The first-order valence-corrected chi connectivity index (χ1v) is 7.21. The quantitative estimate of drug-likeness (QED) is 0.810. The van der Waals surface area contributed by atoms with E-state index in [2.05, 4.69) is 0 Å². The first-order valence-electron chi connectivity index (χ1n) is 7.21. The van der Waals surface area contributed by atoms with Crippen LogP contribution in [0.3, 0.4) is 0 Å². The molecule has 0 saturated heterocycles. The maximum Gasteiger partial charge on any atom is 0.268 e. The van der Waals surface area contributed by atoms with Crippen molar-refractivity contribution in [3.05, 3.63) is 47.8 Å². The molecular weight excluding hydrogens is 298 g/mol. The van der Waals surface area contributed by atoms with Gasteiger partial charge in [-0.25, -0.2) is 0 Å². The number of nitrogens with zero attached hydrogens (tertiary/aromatic N) is 1. The maximum absolute atomic E-state index is 12.2. The summed E-state index contributed by atoms with van der Waals surface area (Å²) in [5, 5.41) is 0. The van der Waals surface area contributed by atoms with E-state index in [1.807, 2.05) is 0 Å². The van der Waals surface area contributed by atoms with Crippen LogP contribution in [-0.4, -0.2) is 35.3 Å². The minimum Gasteiger partial charge on any atom is -0.491 e. The molecule has 23 heavy (non-hydrogen) atoms. The van der Waals surface area contributed by atoms with Gasteiger partial charge in [-0.2, -0.15) is 0 Å². The first kappa shape index (κ1) is 15.0. The summed E-state index contributed by atoms with van der Waals surface area (Å²) in [6.07, 6.45) is 3.46. The molecule has 2 heterocycles. The molecule has 0 bridgehead atoms. The van der Waals surface area contributed by atoms with Gasteiger partial charge in [-0.1, -0.05) is 0 Å². The van der Waals surface area contributed by atoms with E-state index in [0.717, 1.165) is 0 Å². The SMILES string of the molecule is CC(=O)c1ccc(OCC(=O)n2cccc2)c2c1OCCC2=O. The second kappa shape index (κ2) is 6.08. The molecule has 0 aliphatic carbocycles. The molecule has 0 unspecified atom stereocenters. The molecule has 2 aromatic rings. The van der Waals surface area contributed by atoms with Gasteiger partial charge in [0.2, 0.25) is 0 Å². The van der Waals surface area contributed by atoms with Crippen molar-refractivity contribution in [3.63, 3.8) is 0 Å². The van der Waals surface area contributed by atoms with Crippen molar-refractivity contribution in [1.29, 1.82) is 0 Å². The van der Waals surface area contributed by atoms with Crippen molar-refractivity contribution in [1.82, 2.24) is 4.57 Å². The standard InChI is InChI=1S/C17H15NO5/c1-11(19)12-4-5-14(16-13(20)6-9-22-17(12)16)23-10-15(21)18-7-2-3-8-18/h2-5,7-8H,6,9-10H2,1H3. The van der Waals surface area contributed by atoms with E-state index in [-0.39, 0.29) is 54.2 Å². The highest BCUT2D eigenvalue weighted by Crippen LogP contribution is 2.36. The smallest absolute Gasteiger partial charge is 0.268 e. The molecule has 1 aromatic carbocycles. The molecule has 0 saturated carbocycles. The fourth-order valence-corrected chi connectivity index (χ4v) is 2.46. The molecule has 1 aliphatic rings. The molecular formula is C17H15NO5. The second-order valence-electron chi connectivity index (χ2n) is 5.17. The zero-order valence-corrected chi connectivity index (χ0v) is 12.6. The number of ether oxygens (including phenoxy) is 2. The normalized spacial score (nSPS) is 13.2. The number of hydrogen-bond donors (Lipinski definition) is 0. The summed E-state index contributed by atoms with van der Waals surface area (Å²) in [5.41, 5.74) is 0.585. The lowest BCUT2D eigenvalue weighted by atomic mass is 9.98. The Labute approximate surface area is 132 Å². The van der Waals surface area contributed by atoms with Crippen LogP contribution < -0.4 is 9.47 Å². The Hall–Kier alpha value is -2.89. The molecule has 0 fully saturated rings. The first-order chi connectivity index (χ1) is 11.1. The van der Waals surface area contributed by atoms with Crippen LogP contribution in [0.1, 0.15) is 38.9 Å². The zero-order valence-electron chi connectivity index (χ0n) is 12.6. The second-order valence-corrected chi connectivity index (χ2v) is 5.17. The lowest BCUT2D eigenvalue weighted by molar-refractivity contribution is 0.0825. The predicted molar refractivity (Wildman–Crippen MR) is 81.4 cm³/mol. The third-order valence-electron chi connectivity index (χ3n) is 3.60. The van der Waals surface area contributed by atoms with Gasteiger partial charge >= 0.3 is 0 Å². The van der Waals surface area contributed by atoms with Crippen LogP contribution in [0.2, 0.25) is 0 Å². The van der Waals surface area contributed by atoms with E-state index in [4.69, 9.17) is 9.47 Å². The predicted octanol–water partition coefficient (Wildman–Crippen LogP) is 2.38. The van der Waals surface area contributed by atoms with Crippen LogP contribution in [0.5, 0.6) is 11.5 Å². The molecule has 0 spiro atoms. The Balaban J connectivity index is 1.89. The van der Waals surface area contributed by atoms with E-state index in [9.17, 15) is 14.4 Å². The largest absolute Gasteiger partial charge is 0.491 e. The van der Waals surface area contributed by atoms with E-state index < -0.39 is 0 Å². The van der Waals surface area contributed by atoms with Crippen LogP contribution in [0.4, 0.5) is 0 Å². The lowest BCUT2D eigenvalue weighted by Gasteiger charge is -2.21. The number of Topliss-reactive ketones (excluding diaryl/α,β-unsaturated/α-hetero) is 2. The summed E-state index contributed by atoms with van der Waals surface area (Å²) in [6.45, 7) is 1.43. The minimum absolute atomic E-state index is 0.155. The fraction of sp³-hybridized carbons (Fsp3) is 0.235. The molecule has 1 aliphatic heterocycles. The Bertz CT molecular complexity index is 777. The van der Waals surface area contributed by atoms with E-state index in [1.165, 1.54) is 17.6 Å². The summed E-state index contributed by atoms with van der Waals surface area (Å²) in [6, 6.07) is 6.55. The average Bonchev–Trinajstić information content (AvgIpc) is 3.06. The van der Waals surface area contributed by atoms with Crippen molar-refractivity contribution in [2.45, 2.75) is 13.3 Å². The highest BCUT2D eigenvalue weighted by atomic mass is 16.5. The Morgan fingerprint density at radius 1 is 1.26 bits per heavy atom. The minimum atomic E-state index is -0.261. The number of benzene rings is 1. The van der Waals surface area contributed by atoms with Crippen LogP contribution in [-0.2, 0) is 0 Å². The third kappa shape index (κ3) is 2.88. The Kier molecular flexibility index (Phi) is 3.97. The van der Waals surface area contributed by atoms with Gasteiger partial charge in [-0.15, -0.1) is 0 Å². The maximum atomic E-state index is 12.2. The molecule has 0 amide bonds. The van der Waals surface area contributed by atoms with Crippen LogP contribution >= 0.6 is 0 Å². The molecule has 1 aromatic heterocycles. The molecule has 6 nitrogen and oxygen atoms in total. The fourth-order valence-electron chi connectivity index (χ4n) is 2.46. The van der Waals surface area contributed by atoms with Gasteiger partial charge in [-0.3, -0.25) is 19.0 Å². The van der Waals surface area contributed by atoms with Crippen molar-refractivity contribution in [3.8, 4) is 11.5 Å².